The van der Waals surface area contributed by atoms with Crippen molar-refractivity contribution in [1.29, 1.82) is 0 Å². The second-order valence-electron chi connectivity index (χ2n) is 4.49. The molecule has 0 radical (unpaired) electrons. The molecule has 0 amide bonds. The van der Waals surface area contributed by atoms with Gasteiger partial charge < -0.3 is 5.32 Å². The van der Waals surface area contributed by atoms with Gasteiger partial charge in [-0.15, -0.1) is 0 Å². The second kappa shape index (κ2) is 6.87. The Bertz CT molecular complexity index is 873. The van der Waals surface area contributed by atoms with E-state index in [0.29, 0.717) is 10.7 Å². The summed E-state index contributed by atoms with van der Waals surface area (Å²) in [6, 6.07) is 7.98. The average Bonchev–Trinajstić information content (AvgIpc) is 2.43. The molecular weight excluding hydrogens is 412 g/mol. The van der Waals surface area contributed by atoms with Gasteiger partial charge in [-0.2, -0.15) is 21.6 Å². The Labute approximate surface area is 150 Å². The molecule has 0 aliphatic rings. The van der Waals surface area contributed by atoms with Crippen molar-refractivity contribution in [2.24, 2.45) is 0 Å². The lowest BCUT2D eigenvalue weighted by Crippen LogP contribution is -2.30. The van der Waals surface area contributed by atoms with Crippen LogP contribution in [-0.2, 0) is 10.0 Å². The maximum atomic E-state index is 12.5. The molecule has 0 saturated carbocycles. The van der Waals surface area contributed by atoms with Crippen LogP contribution in [0.3, 0.4) is 0 Å². The monoisotopic (exact) mass is 418 g/mol. The summed E-state index contributed by atoms with van der Waals surface area (Å²) < 4.78 is 61.6. The minimum absolute atomic E-state index is 0.0143. The minimum Gasteiger partial charge on any atom is -0.353 e. The molecular formula is C13H8Cl3F3N2O2S. The van der Waals surface area contributed by atoms with Crippen molar-refractivity contribution >= 4 is 61.9 Å². The van der Waals surface area contributed by atoms with Crippen molar-refractivity contribution in [2.45, 2.75) is 5.51 Å². The van der Waals surface area contributed by atoms with Gasteiger partial charge in [0.2, 0.25) is 0 Å². The molecule has 0 spiro atoms. The van der Waals surface area contributed by atoms with Crippen LogP contribution in [0.15, 0.2) is 36.4 Å². The molecule has 0 saturated heterocycles. The van der Waals surface area contributed by atoms with Crippen molar-refractivity contribution in [1.82, 2.24) is 0 Å². The van der Waals surface area contributed by atoms with Gasteiger partial charge in [0.15, 0.2) is 0 Å². The topological polar surface area (TPSA) is 58.2 Å². The van der Waals surface area contributed by atoms with Gasteiger partial charge in [0, 0.05) is 10.0 Å². The van der Waals surface area contributed by atoms with E-state index in [0.717, 1.165) is 6.07 Å². The van der Waals surface area contributed by atoms with E-state index in [2.05, 4.69) is 5.32 Å². The van der Waals surface area contributed by atoms with Crippen LogP contribution in [0, 0.1) is 0 Å². The Kier molecular flexibility index (Phi) is 5.44. The molecule has 130 valence electrons. The summed E-state index contributed by atoms with van der Waals surface area (Å²) in [6.45, 7) is 0. The van der Waals surface area contributed by atoms with E-state index < -0.39 is 15.5 Å². The van der Waals surface area contributed by atoms with E-state index in [1.54, 1.807) is 0 Å². The highest BCUT2D eigenvalue weighted by Gasteiger charge is 2.46. The quantitative estimate of drug-likeness (QED) is 0.673. The lowest BCUT2D eigenvalue weighted by molar-refractivity contribution is -0.0429. The van der Waals surface area contributed by atoms with E-state index in [1.165, 1.54) is 35.1 Å². The number of alkyl halides is 3. The molecule has 0 atom stereocenters. The van der Waals surface area contributed by atoms with Gasteiger partial charge in [-0.05, 0) is 36.4 Å². The van der Waals surface area contributed by atoms with Gasteiger partial charge in [-0.1, -0.05) is 34.8 Å². The van der Waals surface area contributed by atoms with Gasteiger partial charge in [-0.25, -0.2) is 0 Å². The Hall–Kier alpha value is -1.35. The largest absolute Gasteiger partial charge is 0.516 e. The average molecular weight is 420 g/mol. The zero-order valence-corrected chi connectivity index (χ0v) is 14.5. The molecule has 2 aromatic rings. The number of nitrogens with one attached hydrogen (secondary N) is 2. The number of benzene rings is 2. The first-order valence-electron chi connectivity index (χ1n) is 6.10. The third kappa shape index (κ3) is 4.38. The summed E-state index contributed by atoms with van der Waals surface area (Å²) in [5.74, 6) is 0. The van der Waals surface area contributed by atoms with Gasteiger partial charge in [0.05, 0.1) is 22.1 Å². The van der Waals surface area contributed by atoms with Crippen molar-refractivity contribution in [3.63, 3.8) is 0 Å². The lowest BCUT2D eigenvalue weighted by atomic mass is 10.2. The van der Waals surface area contributed by atoms with E-state index in [-0.39, 0.29) is 21.4 Å². The van der Waals surface area contributed by atoms with Crippen LogP contribution in [0.4, 0.5) is 30.2 Å². The van der Waals surface area contributed by atoms with E-state index >= 15 is 0 Å². The summed E-state index contributed by atoms with van der Waals surface area (Å²) in [4.78, 5) is 0. The molecule has 0 heterocycles. The number of hydrogen-bond acceptors (Lipinski definition) is 3. The summed E-state index contributed by atoms with van der Waals surface area (Å²) in [5.41, 5.74) is -5.51. The molecule has 2 rings (SSSR count). The Morgan fingerprint density at radius 1 is 0.833 bits per heavy atom. The van der Waals surface area contributed by atoms with Crippen molar-refractivity contribution in [3.8, 4) is 0 Å². The second-order valence-corrected chi connectivity index (χ2v) is 7.44. The van der Waals surface area contributed by atoms with Gasteiger partial charge in [0.1, 0.15) is 0 Å². The van der Waals surface area contributed by atoms with E-state index in [4.69, 9.17) is 34.8 Å². The predicted octanol–water partition coefficient (Wildman–Crippen LogP) is 5.65. The summed E-state index contributed by atoms with van der Waals surface area (Å²) in [7, 11) is -5.58. The van der Waals surface area contributed by atoms with Crippen molar-refractivity contribution < 1.29 is 21.6 Å². The van der Waals surface area contributed by atoms with E-state index in [1.807, 2.05) is 0 Å². The minimum atomic E-state index is -5.58. The van der Waals surface area contributed by atoms with Gasteiger partial charge in [-0.3, -0.25) is 4.72 Å². The van der Waals surface area contributed by atoms with Crippen LogP contribution in [0.1, 0.15) is 0 Å². The van der Waals surface area contributed by atoms with Crippen LogP contribution in [-0.4, -0.2) is 13.9 Å². The molecule has 0 fully saturated rings. The normalized spacial score (nSPS) is 12.1. The van der Waals surface area contributed by atoms with Crippen LogP contribution >= 0.6 is 34.8 Å². The van der Waals surface area contributed by atoms with Crippen molar-refractivity contribution in [3.05, 3.63) is 51.5 Å². The molecule has 24 heavy (non-hydrogen) atoms. The lowest BCUT2D eigenvalue weighted by Gasteiger charge is -2.16. The molecule has 0 aromatic heterocycles. The fourth-order valence-corrected chi connectivity index (χ4v) is 2.86. The van der Waals surface area contributed by atoms with Gasteiger partial charge in [0.25, 0.3) is 0 Å². The molecule has 0 aliphatic carbocycles. The zero-order valence-electron chi connectivity index (χ0n) is 11.5. The first-order chi connectivity index (χ1) is 11.0. The Morgan fingerprint density at radius 3 is 1.92 bits per heavy atom. The summed E-state index contributed by atoms with van der Waals surface area (Å²) >= 11 is 17.6. The third-order valence-electron chi connectivity index (χ3n) is 2.73. The summed E-state index contributed by atoms with van der Waals surface area (Å²) in [5, 5.41) is 3.44. The highest BCUT2D eigenvalue weighted by atomic mass is 35.5. The number of rotatable bonds is 4. The number of anilines is 3. The maximum absolute atomic E-state index is 12.5. The van der Waals surface area contributed by atoms with Crippen LogP contribution in [0.25, 0.3) is 0 Å². The Balaban J connectivity index is 2.42. The Morgan fingerprint density at radius 2 is 1.38 bits per heavy atom. The highest BCUT2D eigenvalue weighted by molar-refractivity contribution is 7.93. The molecule has 0 aliphatic heterocycles. The van der Waals surface area contributed by atoms with Crippen molar-refractivity contribution in [2.75, 3.05) is 10.0 Å². The molecule has 2 aromatic carbocycles. The fourth-order valence-electron chi connectivity index (χ4n) is 1.65. The predicted molar refractivity (Wildman–Crippen MR) is 89.8 cm³/mol. The van der Waals surface area contributed by atoms with Crippen LogP contribution in [0.5, 0.6) is 0 Å². The van der Waals surface area contributed by atoms with E-state index in [9.17, 15) is 21.6 Å². The molecule has 0 unspecified atom stereocenters. The first kappa shape index (κ1) is 19.0. The number of hydrogen-bond donors (Lipinski definition) is 2. The number of sulfonamides is 1. The standard InChI is InChI=1S/C13H8Cl3F3N2O2S/c14-7-1-3-10(9(16)5-7)20-12-6-8(15)2-4-11(12)21-24(22,23)13(17,18)19/h1-6,20-21H. The molecule has 2 N–H and O–H groups in total. The smallest absolute Gasteiger partial charge is 0.353 e. The summed E-state index contributed by atoms with van der Waals surface area (Å²) in [6.07, 6.45) is 0. The molecule has 4 nitrogen and oxygen atoms in total. The molecule has 11 heteroatoms. The third-order valence-corrected chi connectivity index (χ3v) is 4.61. The van der Waals surface area contributed by atoms with Gasteiger partial charge >= 0.3 is 15.5 Å². The highest BCUT2D eigenvalue weighted by Crippen LogP contribution is 2.35. The maximum Gasteiger partial charge on any atom is 0.516 e. The van der Waals surface area contributed by atoms with Crippen LogP contribution in [0.2, 0.25) is 15.1 Å². The fraction of sp³-hybridized carbons (Fsp3) is 0.0769. The molecule has 0 bridgehead atoms. The zero-order chi connectivity index (χ0) is 18.1. The first-order valence-corrected chi connectivity index (χ1v) is 8.72. The number of halogens is 6. The van der Waals surface area contributed by atoms with Crippen LogP contribution < -0.4 is 10.0 Å². The SMILES string of the molecule is O=S(=O)(Nc1ccc(Cl)cc1Nc1ccc(Cl)cc1Cl)C(F)(F)F.